The van der Waals surface area contributed by atoms with E-state index in [1.54, 1.807) is 0 Å². The van der Waals surface area contributed by atoms with Crippen LogP contribution in [0.25, 0.3) is 0 Å². The van der Waals surface area contributed by atoms with Crippen LogP contribution in [0.3, 0.4) is 0 Å². The fraction of sp³-hybridized carbons (Fsp3) is 0.256. The minimum absolute atomic E-state index is 0.229. The van der Waals surface area contributed by atoms with Crippen LogP contribution in [0.4, 0.5) is 22.7 Å². The van der Waals surface area contributed by atoms with Crippen molar-refractivity contribution in [1.29, 1.82) is 0 Å². The average Bonchev–Trinajstić information content (AvgIpc) is 3.15. The third-order valence-electron chi connectivity index (χ3n) is 9.03. The Bertz CT molecular complexity index is 1830. The highest BCUT2D eigenvalue weighted by molar-refractivity contribution is 8.15. The Hall–Kier alpha value is -5.05. The zero-order valence-corrected chi connectivity index (χ0v) is 31.2. The SMILES string of the molecule is CC(C)CON(C=O)C1=Nc2cc(N(Cc3ccccc3)Cc3ccccc3)ccc2C(c2ccc(N(C)C)cc2)(c2ccc(N(C)C)cc2)S1. The molecule has 5 aromatic carbocycles. The van der Waals surface area contributed by atoms with Gasteiger partial charge >= 0.3 is 0 Å². The summed E-state index contributed by atoms with van der Waals surface area (Å²) in [7, 11) is 8.19. The summed E-state index contributed by atoms with van der Waals surface area (Å²) in [6, 6.07) is 45.1. The molecule has 7 nitrogen and oxygen atoms in total. The van der Waals surface area contributed by atoms with Crippen molar-refractivity contribution in [3.8, 4) is 0 Å². The number of nitrogens with zero attached hydrogens (tertiary/aromatic N) is 5. The predicted octanol–water partition coefficient (Wildman–Crippen LogP) is 9.10. The first kappa shape index (κ1) is 35.8. The molecule has 0 aliphatic carbocycles. The highest BCUT2D eigenvalue weighted by Crippen LogP contribution is 2.56. The molecule has 1 heterocycles. The predicted molar refractivity (Wildman–Crippen MR) is 214 cm³/mol. The topological polar surface area (TPSA) is 51.6 Å². The molecule has 0 radical (unpaired) electrons. The van der Waals surface area contributed by atoms with Crippen LogP contribution < -0.4 is 14.7 Å². The number of amides is 1. The summed E-state index contributed by atoms with van der Waals surface area (Å²) in [5, 5.41) is 1.80. The van der Waals surface area contributed by atoms with Crippen LogP contribution in [-0.2, 0) is 27.5 Å². The minimum atomic E-state index is -0.743. The van der Waals surface area contributed by atoms with Gasteiger partial charge in [0.15, 0.2) is 5.17 Å². The fourth-order valence-corrected chi connectivity index (χ4v) is 7.70. The molecule has 262 valence electrons. The number of rotatable bonds is 13. The number of anilines is 3. The Kier molecular flexibility index (Phi) is 11.1. The van der Waals surface area contributed by atoms with Crippen LogP contribution in [0.2, 0.25) is 0 Å². The third kappa shape index (κ3) is 7.98. The molecule has 1 aliphatic rings. The van der Waals surface area contributed by atoms with Gasteiger partial charge in [0.1, 0.15) is 4.75 Å². The molecule has 1 aliphatic heterocycles. The van der Waals surface area contributed by atoms with Gasteiger partial charge < -0.3 is 14.7 Å². The van der Waals surface area contributed by atoms with E-state index in [1.165, 1.54) is 28.0 Å². The second kappa shape index (κ2) is 15.9. The molecule has 0 unspecified atom stereocenters. The first-order chi connectivity index (χ1) is 24.7. The summed E-state index contributed by atoms with van der Waals surface area (Å²) in [6.45, 7) is 5.96. The summed E-state index contributed by atoms with van der Waals surface area (Å²) in [5.41, 5.74) is 9.69. The number of carbonyl (C=O) groups excluding carboxylic acids is 1. The molecule has 0 spiro atoms. The van der Waals surface area contributed by atoms with Crippen molar-refractivity contribution >= 4 is 46.1 Å². The van der Waals surface area contributed by atoms with E-state index in [4.69, 9.17) is 9.83 Å². The van der Waals surface area contributed by atoms with E-state index in [9.17, 15) is 4.79 Å². The van der Waals surface area contributed by atoms with Crippen molar-refractivity contribution in [3.05, 3.63) is 155 Å². The lowest BCUT2D eigenvalue weighted by atomic mass is 9.82. The summed E-state index contributed by atoms with van der Waals surface area (Å²) >= 11 is 1.54. The minimum Gasteiger partial charge on any atom is -0.378 e. The zero-order chi connectivity index (χ0) is 36.0. The Morgan fingerprint density at radius 3 is 1.63 bits per heavy atom. The lowest BCUT2D eigenvalue weighted by Gasteiger charge is -2.40. The van der Waals surface area contributed by atoms with Crippen LogP contribution in [0.15, 0.2) is 132 Å². The quantitative estimate of drug-likeness (QED) is 0.0904. The van der Waals surface area contributed by atoms with Crippen LogP contribution in [0.1, 0.15) is 41.7 Å². The van der Waals surface area contributed by atoms with E-state index >= 15 is 0 Å². The number of carbonyl (C=O) groups is 1. The number of aliphatic imine (C=N–C) groups is 1. The Labute approximate surface area is 307 Å². The molecule has 0 aromatic heterocycles. The van der Waals surface area contributed by atoms with Crippen molar-refractivity contribution in [2.75, 3.05) is 49.5 Å². The van der Waals surface area contributed by atoms with Gasteiger partial charge in [0.25, 0.3) is 0 Å². The van der Waals surface area contributed by atoms with E-state index in [2.05, 4.69) is 144 Å². The molecule has 51 heavy (non-hydrogen) atoms. The largest absolute Gasteiger partial charge is 0.378 e. The van der Waals surface area contributed by atoms with Gasteiger partial charge in [0.05, 0.1) is 12.3 Å². The summed E-state index contributed by atoms with van der Waals surface area (Å²) in [5.74, 6) is 0.229. The van der Waals surface area contributed by atoms with Crippen LogP contribution in [0.5, 0.6) is 0 Å². The van der Waals surface area contributed by atoms with Crippen molar-refractivity contribution in [2.24, 2.45) is 10.9 Å². The number of amidine groups is 1. The highest BCUT2D eigenvalue weighted by atomic mass is 32.2. The van der Waals surface area contributed by atoms with Crippen molar-refractivity contribution in [2.45, 2.75) is 31.7 Å². The average molecular weight is 698 g/mol. The molecule has 5 aromatic rings. The number of hydroxylamine groups is 2. The summed E-state index contributed by atoms with van der Waals surface area (Å²) < 4.78 is -0.743. The van der Waals surface area contributed by atoms with Gasteiger partial charge in [-0.05, 0) is 64.6 Å². The van der Waals surface area contributed by atoms with E-state index in [0.717, 1.165) is 58.9 Å². The molecule has 8 heteroatoms. The number of benzene rings is 5. The molecule has 0 atom stereocenters. The fourth-order valence-electron chi connectivity index (χ4n) is 6.31. The normalized spacial score (nSPS) is 13.3. The van der Waals surface area contributed by atoms with Crippen molar-refractivity contribution < 1.29 is 9.63 Å². The van der Waals surface area contributed by atoms with Gasteiger partial charge in [-0.2, -0.15) is 5.06 Å². The molecule has 0 saturated carbocycles. The van der Waals surface area contributed by atoms with E-state index in [1.807, 2.05) is 40.3 Å². The number of hydrogen-bond acceptors (Lipinski definition) is 7. The summed E-state index contributed by atoms with van der Waals surface area (Å²) in [4.78, 5) is 30.6. The van der Waals surface area contributed by atoms with E-state index < -0.39 is 4.75 Å². The first-order valence-electron chi connectivity index (χ1n) is 17.4. The molecule has 0 saturated heterocycles. The highest BCUT2D eigenvalue weighted by Gasteiger charge is 2.45. The Morgan fingerprint density at radius 1 is 0.686 bits per heavy atom. The molecular formula is C43H47N5O2S. The first-order valence-corrected chi connectivity index (χ1v) is 18.2. The third-order valence-corrected chi connectivity index (χ3v) is 10.5. The molecule has 0 N–H and O–H groups in total. The Morgan fingerprint density at radius 2 is 1.18 bits per heavy atom. The van der Waals surface area contributed by atoms with Crippen molar-refractivity contribution in [1.82, 2.24) is 5.06 Å². The van der Waals surface area contributed by atoms with Crippen molar-refractivity contribution in [3.63, 3.8) is 0 Å². The smallest absolute Gasteiger partial charge is 0.240 e. The lowest BCUT2D eigenvalue weighted by Crippen LogP contribution is -2.37. The second-order valence-electron chi connectivity index (χ2n) is 13.7. The molecular weight excluding hydrogens is 651 g/mol. The lowest BCUT2D eigenvalue weighted by molar-refractivity contribution is -0.150. The number of hydrogen-bond donors (Lipinski definition) is 0. The second-order valence-corrected chi connectivity index (χ2v) is 14.9. The molecule has 1 amide bonds. The van der Waals surface area contributed by atoms with Gasteiger partial charge in [0.2, 0.25) is 6.41 Å². The maximum atomic E-state index is 12.7. The van der Waals surface area contributed by atoms with Gasteiger partial charge in [0, 0.05) is 63.9 Å². The van der Waals surface area contributed by atoms with Gasteiger partial charge in [-0.25, -0.2) is 4.99 Å². The monoisotopic (exact) mass is 697 g/mol. The maximum absolute atomic E-state index is 12.7. The standard InChI is InChI=1S/C43H47N5O2S/c1-32(2)30-50-48(31-49)42-44-41-27-39(47(28-33-13-9-7-10-14-33)29-34-15-11-8-12-16-34)25-26-40(41)43(51-42,35-17-21-37(22-18-35)45(3)4)36-19-23-38(24-20-36)46(5)6/h7-27,31-32H,28-30H2,1-6H3. The van der Waals surface area contributed by atoms with Gasteiger partial charge in [-0.3, -0.25) is 9.63 Å². The molecule has 0 fully saturated rings. The number of thioether (sulfide) groups is 1. The van der Waals surface area contributed by atoms with Crippen LogP contribution in [0, 0.1) is 5.92 Å². The van der Waals surface area contributed by atoms with Gasteiger partial charge in [-0.1, -0.05) is 117 Å². The summed E-state index contributed by atoms with van der Waals surface area (Å²) in [6.07, 6.45) is 0.731. The van der Waals surface area contributed by atoms with Gasteiger partial charge in [-0.15, -0.1) is 0 Å². The Balaban J connectivity index is 1.56. The maximum Gasteiger partial charge on any atom is 0.240 e. The van der Waals surface area contributed by atoms with Crippen LogP contribution in [-0.4, -0.2) is 51.4 Å². The van der Waals surface area contributed by atoms with E-state index in [0.29, 0.717) is 11.8 Å². The zero-order valence-electron chi connectivity index (χ0n) is 30.4. The van der Waals surface area contributed by atoms with Crippen LogP contribution >= 0.6 is 11.8 Å². The number of fused-ring (bicyclic) bond motifs is 1. The molecule has 0 bridgehead atoms. The molecule has 6 rings (SSSR count). The van der Waals surface area contributed by atoms with E-state index in [-0.39, 0.29) is 5.92 Å².